The predicted molar refractivity (Wildman–Crippen MR) is 95.5 cm³/mol. The Morgan fingerprint density at radius 3 is 2.48 bits per heavy atom. The summed E-state index contributed by atoms with van der Waals surface area (Å²) in [6, 6.07) is 0. The van der Waals surface area contributed by atoms with Crippen LogP contribution in [0.25, 0.3) is 0 Å². The largest absolute Gasteiger partial charge is 0.130 e. The molecule has 0 nitrogen and oxygen atoms in total. The summed E-state index contributed by atoms with van der Waals surface area (Å²) in [5.41, 5.74) is 3.39. The van der Waals surface area contributed by atoms with E-state index in [1.54, 1.807) is 0 Å². The first-order valence-corrected chi connectivity index (χ1v) is 9.67. The highest BCUT2D eigenvalue weighted by atomic mass is 14.4. The number of hydrogen-bond donors (Lipinski definition) is 0. The fourth-order valence-electron chi connectivity index (χ4n) is 3.29. The maximum Gasteiger partial charge on any atom is -0.0249 e. The maximum absolute atomic E-state index is 3.39. The first-order chi connectivity index (χ1) is 10.3. The Morgan fingerprint density at radius 2 is 1.71 bits per heavy atom. The van der Waals surface area contributed by atoms with E-state index in [0.717, 1.165) is 17.8 Å². The Hall–Kier alpha value is -0.480. The van der Waals surface area contributed by atoms with Crippen molar-refractivity contribution in [3.63, 3.8) is 0 Å². The highest BCUT2D eigenvalue weighted by Crippen LogP contribution is 2.45. The third-order valence-corrected chi connectivity index (χ3v) is 4.97. The van der Waals surface area contributed by atoms with Gasteiger partial charge in [0.1, 0.15) is 0 Å². The van der Waals surface area contributed by atoms with Crippen LogP contribution in [0.15, 0.2) is 17.9 Å². The first kappa shape index (κ1) is 18.6. The van der Waals surface area contributed by atoms with Crippen molar-refractivity contribution in [1.82, 2.24) is 0 Å². The van der Waals surface area contributed by atoms with E-state index in [2.05, 4.69) is 38.7 Å². The van der Waals surface area contributed by atoms with E-state index in [-0.39, 0.29) is 0 Å². The van der Waals surface area contributed by atoms with E-state index < -0.39 is 0 Å². The molecule has 0 aromatic heterocycles. The van der Waals surface area contributed by atoms with Gasteiger partial charge in [0.2, 0.25) is 0 Å². The zero-order valence-electron chi connectivity index (χ0n) is 14.9. The molecule has 0 radical (unpaired) electrons. The zero-order valence-corrected chi connectivity index (χ0v) is 14.9. The Labute approximate surface area is 134 Å². The lowest BCUT2D eigenvalue weighted by atomic mass is 9.99. The van der Waals surface area contributed by atoms with Crippen LogP contribution in [-0.2, 0) is 0 Å². The molecule has 0 N–H and O–H groups in total. The summed E-state index contributed by atoms with van der Waals surface area (Å²) in [5, 5.41) is 0. The van der Waals surface area contributed by atoms with Crippen LogP contribution in [0.1, 0.15) is 97.8 Å². The number of unbranched alkanes of at least 4 members (excludes halogenated alkanes) is 5. The van der Waals surface area contributed by atoms with Gasteiger partial charge in [0, 0.05) is 0 Å². The van der Waals surface area contributed by atoms with Crippen LogP contribution in [0.5, 0.6) is 0 Å². The van der Waals surface area contributed by atoms with E-state index in [0.29, 0.717) is 0 Å². The van der Waals surface area contributed by atoms with Crippen LogP contribution in [0, 0.1) is 17.8 Å². The number of hydrogen-bond acceptors (Lipinski definition) is 0. The van der Waals surface area contributed by atoms with Crippen molar-refractivity contribution in [3.8, 4) is 0 Å². The third-order valence-electron chi connectivity index (χ3n) is 4.97. The monoisotopic (exact) mass is 290 g/mol. The van der Waals surface area contributed by atoms with Gasteiger partial charge in [-0.15, -0.1) is 5.73 Å². The second kappa shape index (κ2) is 12.1. The molecule has 3 atom stereocenters. The summed E-state index contributed by atoms with van der Waals surface area (Å²) in [6.45, 7) is 7.00. The standard InChI is InChI=1S/C21H38/c1-4-6-7-8-9-10-11-12-13-15-19(3)16-17-21-18-20(21)14-5-2/h11,13,19-21H,4-10,14-18H2,1-3H3. The predicted octanol–water partition coefficient (Wildman–Crippen LogP) is 7.30. The minimum atomic E-state index is 0.846. The lowest BCUT2D eigenvalue weighted by Crippen LogP contribution is -1.94. The van der Waals surface area contributed by atoms with Crippen LogP contribution in [0.3, 0.4) is 0 Å². The molecule has 0 aromatic carbocycles. The first-order valence-electron chi connectivity index (χ1n) is 9.67. The summed E-state index contributed by atoms with van der Waals surface area (Å²) in [4.78, 5) is 0. The fraction of sp³-hybridized carbons (Fsp3) is 0.857. The summed E-state index contributed by atoms with van der Waals surface area (Å²) in [7, 11) is 0. The van der Waals surface area contributed by atoms with Crippen molar-refractivity contribution in [2.45, 2.75) is 97.8 Å². The van der Waals surface area contributed by atoms with Gasteiger partial charge in [-0.05, 0) is 62.0 Å². The van der Waals surface area contributed by atoms with Crippen LogP contribution in [0.4, 0.5) is 0 Å². The Bertz CT molecular complexity index is 295. The van der Waals surface area contributed by atoms with E-state index in [1.807, 2.05) is 0 Å². The third kappa shape index (κ3) is 9.97. The van der Waals surface area contributed by atoms with Gasteiger partial charge in [0.25, 0.3) is 0 Å². The molecule has 1 rings (SSSR count). The molecule has 0 aromatic rings. The van der Waals surface area contributed by atoms with Crippen molar-refractivity contribution >= 4 is 0 Å². The molecule has 122 valence electrons. The molecule has 21 heavy (non-hydrogen) atoms. The molecule has 0 spiro atoms. The quantitative estimate of drug-likeness (QED) is 0.246. The second-order valence-electron chi connectivity index (χ2n) is 7.24. The lowest BCUT2D eigenvalue weighted by molar-refractivity contribution is 0.475. The van der Waals surface area contributed by atoms with Crippen molar-refractivity contribution in [2.75, 3.05) is 0 Å². The minimum Gasteiger partial charge on any atom is -0.130 e. The number of allylic oxidation sites excluding steroid dienone is 1. The normalized spacial score (nSPS) is 21.7. The van der Waals surface area contributed by atoms with Gasteiger partial charge in [-0.3, -0.25) is 0 Å². The van der Waals surface area contributed by atoms with Gasteiger partial charge in [0.05, 0.1) is 0 Å². The van der Waals surface area contributed by atoms with E-state index in [4.69, 9.17) is 0 Å². The molecule has 1 aliphatic rings. The molecular formula is C21H38. The zero-order chi connectivity index (χ0) is 15.3. The lowest BCUT2D eigenvalue weighted by Gasteiger charge is -2.07. The van der Waals surface area contributed by atoms with Gasteiger partial charge < -0.3 is 0 Å². The average molecular weight is 291 g/mol. The van der Waals surface area contributed by atoms with Crippen molar-refractivity contribution < 1.29 is 0 Å². The molecule has 0 aliphatic heterocycles. The van der Waals surface area contributed by atoms with E-state index in [9.17, 15) is 0 Å². The smallest absolute Gasteiger partial charge is 0.0249 e. The van der Waals surface area contributed by atoms with Crippen molar-refractivity contribution in [2.24, 2.45) is 17.8 Å². The van der Waals surface area contributed by atoms with Crippen molar-refractivity contribution in [3.05, 3.63) is 17.9 Å². The molecule has 1 saturated carbocycles. The number of rotatable bonds is 13. The highest BCUT2D eigenvalue weighted by molar-refractivity contribution is 4.88. The molecular weight excluding hydrogens is 252 g/mol. The van der Waals surface area contributed by atoms with Crippen LogP contribution in [-0.4, -0.2) is 0 Å². The second-order valence-corrected chi connectivity index (χ2v) is 7.24. The Morgan fingerprint density at radius 1 is 0.952 bits per heavy atom. The molecule has 0 heteroatoms. The van der Waals surface area contributed by atoms with Gasteiger partial charge in [-0.2, -0.15) is 0 Å². The molecule has 0 heterocycles. The molecule has 0 saturated heterocycles. The van der Waals surface area contributed by atoms with Gasteiger partial charge in [0.15, 0.2) is 0 Å². The highest BCUT2D eigenvalue weighted by Gasteiger charge is 2.35. The summed E-state index contributed by atoms with van der Waals surface area (Å²) < 4.78 is 0. The van der Waals surface area contributed by atoms with Crippen LogP contribution >= 0.6 is 0 Å². The van der Waals surface area contributed by atoms with Crippen LogP contribution < -0.4 is 0 Å². The van der Waals surface area contributed by atoms with Gasteiger partial charge >= 0.3 is 0 Å². The van der Waals surface area contributed by atoms with E-state index >= 15 is 0 Å². The molecule has 0 bridgehead atoms. The summed E-state index contributed by atoms with van der Waals surface area (Å²) >= 11 is 0. The summed E-state index contributed by atoms with van der Waals surface area (Å²) in [5.74, 6) is 3.01. The SMILES string of the molecule is CCCCCCCC=C=CCC(C)CCC1CC1CCC. The van der Waals surface area contributed by atoms with Crippen LogP contribution in [0.2, 0.25) is 0 Å². The topological polar surface area (TPSA) is 0 Å². The Balaban J connectivity index is 1.94. The fourth-order valence-corrected chi connectivity index (χ4v) is 3.29. The molecule has 1 aliphatic carbocycles. The minimum absolute atomic E-state index is 0.846. The Kier molecular flexibility index (Phi) is 10.7. The van der Waals surface area contributed by atoms with Crippen molar-refractivity contribution in [1.29, 1.82) is 0 Å². The maximum atomic E-state index is 3.39. The molecule has 3 unspecified atom stereocenters. The molecule has 1 fully saturated rings. The van der Waals surface area contributed by atoms with E-state index in [1.165, 1.54) is 77.0 Å². The summed E-state index contributed by atoms with van der Waals surface area (Å²) in [6.07, 6.45) is 21.1. The molecule has 0 amide bonds. The van der Waals surface area contributed by atoms with Gasteiger partial charge in [-0.25, -0.2) is 0 Å². The van der Waals surface area contributed by atoms with Gasteiger partial charge in [-0.1, -0.05) is 65.7 Å². The average Bonchev–Trinajstić information content (AvgIpc) is 3.22.